The SMILES string of the molecule is c1ccc(-n2c3ccccc3c3cc(-c4ccc5c(c4)c4c6ccccc6cc6c4n5-c4nc5ccccc5nc4-c4ccccc4-6)ccc32)cc1. The molecule has 0 saturated heterocycles. The molecule has 0 amide bonds. The van der Waals surface area contributed by atoms with Gasteiger partial charge in [0.1, 0.15) is 5.69 Å². The van der Waals surface area contributed by atoms with E-state index in [0.717, 1.165) is 39.3 Å². The van der Waals surface area contributed by atoms with Crippen molar-refractivity contribution in [3.63, 3.8) is 0 Å². The second kappa shape index (κ2) is 10.3. The van der Waals surface area contributed by atoms with Crippen LogP contribution in [0.2, 0.25) is 0 Å². The van der Waals surface area contributed by atoms with Crippen LogP contribution < -0.4 is 0 Å². The fourth-order valence-corrected chi connectivity index (χ4v) is 8.76. The fraction of sp³-hybridized carbons (Fsp3) is 0. The molecule has 52 heavy (non-hydrogen) atoms. The minimum Gasteiger partial charge on any atom is -0.309 e. The largest absolute Gasteiger partial charge is 0.309 e. The zero-order chi connectivity index (χ0) is 33.9. The fourth-order valence-electron chi connectivity index (χ4n) is 8.76. The molecular formula is C48H28N4. The summed E-state index contributed by atoms with van der Waals surface area (Å²) in [5, 5.41) is 7.39. The molecule has 0 atom stereocenters. The Morgan fingerprint density at radius 3 is 1.83 bits per heavy atom. The van der Waals surface area contributed by atoms with E-state index in [4.69, 9.17) is 9.97 Å². The minimum atomic E-state index is 0.864. The van der Waals surface area contributed by atoms with E-state index in [9.17, 15) is 0 Å². The van der Waals surface area contributed by atoms with Crippen molar-refractivity contribution in [2.45, 2.75) is 0 Å². The predicted molar refractivity (Wildman–Crippen MR) is 216 cm³/mol. The van der Waals surface area contributed by atoms with Crippen LogP contribution in [-0.2, 0) is 0 Å². The zero-order valence-electron chi connectivity index (χ0n) is 28.0. The number of rotatable bonds is 2. The zero-order valence-corrected chi connectivity index (χ0v) is 28.0. The number of para-hydroxylation sites is 4. The molecule has 0 aliphatic carbocycles. The van der Waals surface area contributed by atoms with Crippen LogP contribution in [0.3, 0.4) is 0 Å². The molecule has 240 valence electrons. The Morgan fingerprint density at radius 2 is 1.00 bits per heavy atom. The summed E-state index contributed by atoms with van der Waals surface area (Å²) in [6.45, 7) is 0. The van der Waals surface area contributed by atoms with Crippen molar-refractivity contribution in [3.05, 3.63) is 170 Å². The summed E-state index contributed by atoms with van der Waals surface area (Å²) < 4.78 is 4.75. The Hall–Kier alpha value is -7.04. The Bertz CT molecular complexity index is 3290. The first kappa shape index (κ1) is 27.7. The highest BCUT2D eigenvalue weighted by Gasteiger charge is 2.28. The van der Waals surface area contributed by atoms with Gasteiger partial charge in [0.05, 0.1) is 33.1 Å². The monoisotopic (exact) mass is 660 g/mol. The van der Waals surface area contributed by atoms with Gasteiger partial charge in [-0.3, -0.25) is 4.57 Å². The third kappa shape index (κ3) is 3.70. The van der Waals surface area contributed by atoms with Gasteiger partial charge in [0.2, 0.25) is 0 Å². The molecule has 8 aromatic carbocycles. The first-order valence-electron chi connectivity index (χ1n) is 17.8. The number of benzene rings is 8. The summed E-state index contributed by atoms with van der Waals surface area (Å²) in [5.41, 5.74) is 14.4. The molecule has 3 aromatic heterocycles. The maximum Gasteiger partial charge on any atom is 0.165 e. The van der Waals surface area contributed by atoms with Crippen LogP contribution in [0.4, 0.5) is 0 Å². The number of fused-ring (bicyclic) bond motifs is 14. The smallest absolute Gasteiger partial charge is 0.165 e. The molecule has 0 bridgehead atoms. The molecule has 4 nitrogen and oxygen atoms in total. The Balaban J connectivity index is 1.18. The molecule has 0 unspecified atom stereocenters. The van der Waals surface area contributed by atoms with Crippen molar-refractivity contribution >= 4 is 65.4 Å². The number of hydrogen-bond donors (Lipinski definition) is 0. The lowest BCUT2D eigenvalue weighted by Crippen LogP contribution is -2.02. The number of nitrogens with zero attached hydrogens (tertiary/aromatic N) is 4. The van der Waals surface area contributed by atoms with E-state index in [2.05, 4.69) is 167 Å². The maximum absolute atomic E-state index is 5.37. The Kier molecular flexibility index (Phi) is 5.47. The first-order valence-corrected chi connectivity index (χ1v) is 17.8. The summed E-state index contributed by atoms with van der Waals surface area (Å²) in [6.07, 6.45) is 0. The average molecular weight is 661 g/mol. The first-order chi connectivity index (χ1) is 25.8. The Labute approximate surface area is 298 Å². The third-order valence-corrected chi connectivity index (χ3v) is 11.0. The van der Waals surface area contributed by atoms with Gasteiger partial charge < -0.3 is 4.57 Å². The molecule has 1 aliphatic heterocycles. The van der Waals surface area contributed by atoms with E-state index < -0.39 is 0 Å². The van der Waals surface area contributed by atoms with Crippen molar-refractivity contribution in [1.29, 1.82) is 0 Å². The lowest BCUT2D eigenvalue weighted by atomic mass is 9.92. The summed E-state index contributed by atoms with van der Waals surface area (Å²) in [6, 6.07) is 61.3. The van der Waals surface area contributed by atoms with Crippen LogP contribution in [0.5, 0.6) is 0 Å². The minimum absolute atomic E-state index is 0.864. The van der Waals surface area contributed by atoms with Gasteiger partial charge in [0, 0.05) is 38.4 Å². The van der Waals surface area contributed by atoms with Crippen molar-refractivity contribution in [1.82, 2.24) is 19.1 Å². The van der Waals surface area contributed by atoms with Crippen molar-refractivity contribution in [2.75, 3.05) is 0 Å². The Morgan fingerprint density at radius 1 is 0.385 bits per heavy atom. The molecule has 0 N–H and O–H groups in total. The van der Waals surface area contributed by atoms with E-state index in [1.54, 1.807) is 0 Å². The number of aromatic nitrogens is 4. The van der Waals surface area contributed by atoms with E-state index in [-0.39, 0.29) is 0 Å². The van der Waals surface area contributed by atoms with E-state index in [0.29, 0.717) is 0 Å². The quantitative estimate of drug-likeness (QED) is 0.185. The van der Waals surface area contributed by atoms with Gasteiger partial charge in [0.25, 0.3) is 0 Å². The molecule has 1 aliphatic rings. The maximum atomic E-state index is 5.37. The van der Waals surface area contributed by atoms with Crippen LogP contribution in [0, 0.1) is 0 Å². The molecule has 4 heteroatoms. The van der Waals surface area contributed by atoms with Gasteiger partial charge in [-0.2, -0.15) is 0 Å². The predicted octanol–water partition coefficient (Wildman–Crippen LogP) is 12.3. The van der Waals surface area contributed by atoms with E-state index >= 15 is 0 Å². The molecule has 0 spiro atoms. The molecule has 4 heterocycles. The van der Waals surface area contributed by atoms with Crippen LogP contribution in [0.25, 0.3) is 110 Å². The van der Waals surface area contributed by atoms with E-state index in [1.165, 1.54) is 71.1 Å². The van der Waals surface area contributed by atoms with Crippen molar-refractivity contribution < 1.29 is 0 Å². The lowest BCUT2D eigenvalue weighted by Gasteiger charge is -2.12. The average Bonchev–Trinajstić information content (AvgIpc) is 3.69. The summed E-state index contributed by atoms with van der Waals surface area (Å²) >= 11 is 0. The molecular weight excluding hydrogens is 633 g/mol. The lowest BCUT2D eigenvalue weighted by molar-refractivity contribution is 1.09. The molecule has 0 fully saturated rings. The summed E-state index contributed by atoms with van der Waals surface area (Å²) in [7, 11) is 0. The standard InChI is InChI=1S/C48H28N4/c1-2-13-32(14-3-1)51-42-21-11-8-17-35(42)37-26-29(22-24-43(37)51)30-23-25-44-39(27-30)45-33-15-5-4-12-31(33)28-38-34-16-6-7-18-36(34)46-48(52(44)47(38)45)50-41-20-10-9-19-40(41)49-46/h1-28H. The highest BCUT2D eigenvalue weighted by molar-refractivity contribution is 6.26. The van der Waals surface area contributed by atoms with Gasteiger partial charge in [0.15, 0.2) is 5.82 Å². The second-order valence-electron chi connectivity index (χ2n) is 13.8. The van der Waals surface area contributed by atoms with Gasteiger partial charge in [-0.1, -0.05) is 109 Å². The second-order valence-corrected chi connectivity index (χ2v) is 13.8. The molecule has 11 aromatic rings. The van der Waals surface area contributed by atoms with Gasteiger partial charge in [-0.05, 0) is 88.1 Å². The van der Waals surface area contributed by atoms with Crippen LogP contribution >= 0.6 is 0 Å². The van der Waals surface area contributed by atoms with Crippen molar-refractivity contribution in [2.24, 2.45) is 0 Å². The number of hydrogen-bond acceptors (Lipinski definition) is 2. The van der Waals surface area contributed by atoms with Gasteiger partial charge in [-0.15, -0.1) is 0 Å². The van der Waals surface area contributed by atoms with Gasteiger partial charge >= 0.3 is 0 Å². The normalized spacial score (nSPS) is 12.2. The highest BCUT2D eigenvalue weighted by atomic mass is 15.1. The molecule has 12 rings (SSSR count). The molecule has 0 saturated carbocycles. The third-order valence-electron chi connectivity index (χ3n) is 11.0. The van der Waals surface area contributed by atoms with Crippen LogP contribution in [-0.4, -0.2) is 19.1 Å². The molecule has 0 radical (unpaired) electrons. The van der Waals surface area contributed by atoms with Crippen LogP contribution in [0.1, 0.15) is 0 Å². The van der Waals surface area contributed by atoms with E-state index in [1.807, 2.05) is 12.1 Å². The van der Waals surface area contributed by atoms with Gasteiger partial charge in [-0.25, -0.2) is 9.97 Å². The highest BCUT2D eigenvalue weighted by Crippen LogP contribution is 2.49. The topological polar surface area (TPSA) is 35.6 Å². The van der Waals surface area contributed by atoms with Crippen molar-refractivity contribution in [3.8, 4) is 45.0 Å². The summed E-state index contributed by atoms with van der Waals surface area (Å²) in [4.78, 5) is 10.7. The van der Waals surface area contributed by atoms with Crippen LogP contribution in [0.15, 0.2) is 170 Å². The summed E-state index contributed by atoms with van der Waals surface area (Å²) in [5.74, 6) is 0.864.